The first kappa shape index (κ1) is 13.0. The molecule has 0 aromatic heterocycles. The van der Waals surface area contributed by atoms with Crippen molar-refractivity contribution in [2.45, 2.75) is 39.0 Å². The predicted molar refractivity (Wildman–Crippen MR) is 68.2 cm³/mol. The van der Waals surface area contributed by atoms with Crippen LogP contribution in [0.3, 0.4) is 0 Å². The van der Waals surface area contributed by atoms with E-state index in [-0.39, 0.29) is 12.3 Å². The van der Waals surface area contributed by atoms with E-state index < -0.39 is 5.60 Å². The maximum Gasteiger partial charge on any atom is 0.408 e. The zero-order chi connectivity index (χ0) is 11.5. The van der Waals surface area contributed by atoms with E-state index in [4.69, 9.17) is 4.74 Å². The molecule has 0 spiro atoms. The van der Waals surface area contributed by atoms with Crippen LogP contribution in [-0.2, 0) is 4.74 Å². The van der Waals surface area contributed by atoms with E-state index in [9.17, 15) is 4.79 Å². The fraction of sp³-hybridized carbons (Fsp3) is 0.900. The van der Waals surface area contributed by atoms with Gasteiger partial charge in [0.1, 0.15) is 5.60 Å². The van der Waals surface area contributed by atoms with Crippen LogP contribution < -0.4 is 5.32 Å². The zero-order valence-electron chi connectivity index (χ0n) is 9.55. The Morgan fingerprint density at radius 1 is 1.53 bits per heavy atom. The van der Waals surface area contributed by atoms with Crippen LogP contribution >= 0.6 is 22.6 Å². The van der Waals surface area contributed by atoms with Gasteiger partial charge in [-0.1, -0.05) is 22.6 Å². The molecule has 1 heterocycles. The van der Waals surface area contributed by atoms with Gasteiger partial charge in [0.05, 0.1) is 6.17 Å². The van der Waals surface area contributed by atoms with Gasteiger partial charge < -0.3 is 10.1 Å². The molecule has 15 heavy (non-hydrogen) atoms. The first-order chi connectivity index (χ1) is 6.92. The number of carbonyl (C=O) groups is 1. The molecule has 0 radical (unpaired) electrons. The van der Waals surface area contributed by atoms with E-state index in [1.807, 2.05) is 20.8 Å². The minimum absolute atomic E-state index is 0.120. The maximum atomic E-state index is 11.5. The van der Waals surface area contributed by atoms with Gasteiger partial charge in [-0.05, 0) is 27.2 Å². The lowest BCUT2D eigenvalue weighted by Crippen LogP contribution is -2.55. The molecule has 4 nitrogen and oxygen atoms in total. The summed E-state index contributed by atoms with van der Waals surface area (Å²) in [7, 11) is 0. The molecule has 0 bridgehead atoms. The summed E-state index contributed by atoms with van der Waals surface area (Å²) in [6.07, 6.45) is 1.02. The van der Waals surface area contributed by atoms with Crippen LogP contribution in [0.15, 0.2) is 0 Å². The smallest absolute Gasteiger partial charge is 0.408 e. The Kier molecular flexibility index (Phi) is 4.64. The van der Waals surface area contributed by atoms with Crippen LogP contribution in [0, 0.1) is 0 Å². The van der Waals surface area contributed by atoms with Crippen LogP contribution in [0.25, 0.3) is 0 Å². The second-order valence-corrected chi connectivity index (χ2v) is 5.59. The lowest BCUT2D eigenvalue weighted by atomic mass is 10.2. The average molecular weight is 326 g/mol. The number of amides is 1. The van der Waals surface area contributed by atoms with Crippen LogP contribution in [0.5, 0.6) is 0 Å². The number of nitrogens with zero attached hydrogens (tertiary/aromatic N) is 1. The van der Waals surface area contributed by atoms with E-state index in [0.717, 1.165) is 17.5 Å². The SMILES string of the molecule is CC(C)(C)OC(=O)N[C@H](CI)N1CCC1. The van der Waals surface area contributed by atoms with Crippen molar-refractivity contribution in [1.29, 1.82) is 0 Å². The summed E-state index contributed by atoms with van der Waals surface area (Å²) < 4.78 is 6.09. The summed E-state index contributed by atoms with van der Waals surface area (Å²) in [5.74, 6) is 0. The number of hydrogen-bond donors (Lipinski definition) is 1. The molecular weight excluding hydrogens is 307 g/mol. The molecule has 1 amide bonds. The summed E-state index contributed by atoms with van der Waals surface area (Å²) in [5.41, 5.74) is -0.422. The van der Waals surface area contributed by atoms with Gasteiger partial charge in [-0.15, -0.1) is 0 Å². The highest BCUT2D eigenvalue weighted by atomic mass is 127. The van der Waals surface area contributed by atoms with Gasteiger partial charge in [0.25, 0.3) is 0 Å². The van der Waals surface area contributed by atoms with Crippen LogP contribution in [0.1, 0.15) is 27.2 Å². The molecule has 0 aromatic rings. The molecule has 1 N–H and O–H groups in total. The average Bonchev–Trinajstić information content (AvgIpc) is 1.95. The zero-order valence-corrected chi connectivity index (χ0v) is 11.7. The van der Waals surface area contributed by atoms with Crippen molar-refractivity contribution < 1.29 is 9.53 Å². The molecular formula is C10H19IN2O2. The minimum Gasteiger partial charge on any atom is -0.444 e. The highest BCUT2D eigenvalue weighted by Gasteiger charge is 2.26. The normalized spacial score (nSPS) is 19.2. The Bertz CT molecular complexity index is 224. The van der Waals surface area contributed by atoms with Gasteiger partial charge in [0.15, 0.2) is 0 Å². The lowest BCUT2D eigenvalue weighted by Gasteiger charge is -2.37. The summed E-state index contributed by atoms with van der Waals surface area (Å²) in [5, 5.41) is 2.88. The van der Waals surface area contributed by atoms with Crippen molar-refractivity contribution in [1.82, 2.24) is 10.2 Å². The fourth-order valence-electron chi connectivity index (χ4n) is 1.32. The third kappa shape index (κ3) is 4.55. The van der Waals surface area contributed by atoms with Crippen molar-refractivity contribution in [2.24, 2.45) is 0 Å². The highest BCUT2D eigenvalue weighted by Crippen LogP contribution is 2.12. The van der Waals surface area contributed by atoms with Crippen LogP contribution in [0.4, 0.5) is 4.79 Å². The fourth-order valence-corrected chi connectivity index (χ4v) is 2.10. The van der Waals surface area contributed by atoms with Gasteiger partial charge in [0.2, 0.25) is 0 Å². The molecule has 1 atom stereocenters. The number of rotatable bonds is 3. The van der Waals surface area contributed by atoms with Crippen molar-refractivity contribution in [3.63, 3.8) is 0 Å². The highest BCUT2D eigenvalue weighted by molar-refractivity contribution is 14.1. The number of alkyl carbamates (subject to hydrolysis) is 1. The Labute approximate surface area is 105 Å². The number of carbonyl (C=O) groups excluding carboxylic acids is 1. The third-order valence-electron chi connectivity index (χ3n) is 2.16. The predicted octanol–water partition coefficient (Wildman–Crippen LogP) is 1.98. The molecule has 1 rings (SSSR count). The number of hydrogen-bond acceptors (Lipinski definition) is 3. The van der Waals surface area contributed by atoms with E-state index >= 15 is 0 Å². The van der Waals surface area contributed by atoms with Gasteiger partial charge in [-0.2, -0.15) is 0 Å². The topological polar surface area (TPSA) is 41.6 Å². The Hall–Kier alpha value is -0.0400. The number of ether oxygens (including phenoxy) is 1. The van der Waals surface area contributed by atoms with Gasteiger partial charge in [-0.3, -0.25) is 4.90 Å². The first-order valence-electron chi connectivity index (χ1n) is 5.22. The summed E-state index contributed by atoms with van der Waals surface area (Å²) in [4.78, 5) is 13.8. The Morgan fingerprint density at radius 3 is 2.47 bits per heavy atom. The Balaban J connectivity index is 2.34. The van der Waals surface area contributed by atoms with E-state index in [1.165, 1.54) is 6.42 Å². The van der Waals surface area contributed by atoms with Crippen molar-refractivity contribution in [3.05, 3.63) is 0 Å². The molecule has 0 aromatic carbocycles. The summed E-state index contributed by atoms with van der Waals surface area (Å²) >= 11 is 2.28. The van der Waals surface area contributed by atoms with Gasteiger partial charge >= 0.3 is 6.09 Å². The van der Waals surface area contributed by atoms with E-state index in [0.29, 0.717) is 0 Å². The molecule has 0 saturated carbocycles. The molecule has 1 fully saturated rings. The molecule has 88 valence electrons. The minimum atomic E-state index is -0.422. The molecule has 5 heteroatoms. The monoisotopic (exact) mass is 326 g/mol. The van der Waals surface area contributed by atoms with Gasteiger partial charge in [0, 0.05) is 17.5 Å². The van der Waals surface area contributed by atoms with E-state index in [2.05, 4.69) is 32.8 Å². The molecule has 0 unspecified atom stereocenters. The van der Waals surface area contributed by atoms with Crippen molar-refractivity contribution in [2.75, 3.05) is 17.5 Å². The number of halogens is 1. The second-order valence-electron chi connectivity index (χ2n) is 4.71. The summed E-state index contributed by atoms with van der Waals surface area (Å²) in [6.45, 7) is 7.76. The molecule has 1 aliphatic rings. The largest absolute Gasteiger partial charge is 0.444 e. The van der Waals surface area contributed by atoms with Crippen LogP contribution in [0.2, 0.25) is 0 Å². The lowest BCUT2D eigenvalue weighted by molar-refractivity contribution is 0.0372. The third-order valence-corrected chi connectivity index (χ3v) is 3.00. The van der Waals surface area contributed by atoms with Crippen LogP contribution in [-0.4, -0.2) is 40.3 Å². The van der Waals surface area contributed by atoms with Crippen molar-refractivity contribution >= 4 is 28.7 Å². The second kappa shape index (κ2) is 5.34. The summed E-state index contributed by atoms with van der Waals surface area (Å²) in [6, 6.07) is 0. The van der Waals surface area contributed by atoms with Gasteiger partial charge in [-0.25, -0.2) is 4.79 Å². The quantitative estimate of drug-likeness (QED) is 0.637. The molecule has 1 saturated heterocycles. The van der Waals surface area contributed by atoms with E-state index in [1.54, 1.807) is 0 Å². The number of alkyl halides is 1. The standard InChI is InChI=1S/C10H19IN2O2/c1-10(2,3)15-9(14)12-8(7-11)13-5-4-6-13/h8H,4-7H2,1-3H3,(H,12,14)/t8-/m0/s1. The number of likely N-dealkylation sites (tertiary alicyclic amines) is 1. The Morgan fingerprint density at radius 2 is 2.13 bits per heavy atom. The van der Waals surface area contributed by atoms with Crippen molar-refractivity contribution in [3.8, 4) is 0 Å². The first-order valence-corrected chi connectivity index (χ1v) is 6.74. The molecule has 0 aliphatic carbocycles. The molecule has 1 aliphatic heterocycles. The maximum absolute atomic E-state index is 11.5. The number of nitrogens with one attached hydrogen (secondary N) is 1.